The number of H-pyrrole nitrogens is 2. The smallest absolute Gasteiger partial charge is 0.434 e. The van der Waals surface area contributed by atoms with Crippen molar-refractivity contribution >= 4 is 28.0 Å². The SMILES string of the molecule is O=C(OCCc1c[nH]c2ccccc12)OCCc1c[nH]c2ccccc12. The molecule has 0 aliphatic carbocycles. The minimum absolute atomic E-state index is 0.299. The van der Waals surface area contributed by atoms with Gasteiger partial charge < -0.3 is 19.4 Å². The molecule has 0 aliphatic heterocycles. The zero-order valence-electron chi connectivity index (χ0n) is 14.3. The molecular weight excluding hydrogens is 328 g/mol. The van der Waals surface area contributed by atoms with Gasteiger partial charge in [-0.05, 0) is 23.3 Å². The van der Waals surface area contributed by atoms with Gasteiger partial charge in [-0.2, -0.15) is 0 Å². The van der Waals surface area contributed by atoms with Gasteiger partial charge in [0.1, 0.15) is 0 Å². The zero-order chi connectivity index (χ0) is 17.8. The largest absolute Gasteiger partial charge is 0.508 e. The number of carbonyl (C=O) groups is 1. The molecule has 0 spiro atoms. The van der Waals surface area contributed by atoms with Gasteiger partial charge in [-0.15, -0.1) is 0 Å². The maximum Gasteiger partial charge on any atom is 0.508 e. The number of aromatic amines is 2. The first-order valence-electron chi connectivity index (χ1n) is 8.71. The standard InChI is InChI=1S/C21H20N2O3/c24-21(25-11-9-15-13-22-19-7-3-1-5-17(15)19)26-12-10-16-14-23-20-8-4-2-6-18(16)20/h1-8,13-14,22-23H,9-12H2. The van der Waals surface area contributed by atoms with Gasteiger partial charge in [-0.1, -0.05) is 36.4 Å². The molecule has 132 valence electrons. The molecule has 0 saturated heterocycles. The molecule has 0 saturated carbocycles. The first kappa shape index (κ1) is 16.3. The minimum atomic E-state index is -0.621. The molecule has 4 rings (SSSR count). The Morgan fingerprint density at radius 1 is 0.731 bits per heavy atom. The highest BCUT2D eigenvalue weighted by Crippen LogP contribution is 2.19. The predicted molar refractivity (Wildman–Crippen MR) is 101 cm³/mol. The second-order valence-electron chi connectivity index (χ2n) is 6.17. The molecular formula is C21H20N2O3. The monoisotopic (exact) mass is 348 g/mol. The van der Waals surface area contributed by atoms with E-state index in [-0.39, 0.29) is 0 Å². The Bertz CT molecular complexity index is 950. The highest BCUT2D eigenvalue weighted by molar-refractivity contribution is 5.83. The number of aromatic nitrogens is 2. The summed E-state index contributed by atoms with van der Waals surface area (Å²) in [6.45, 7) is 0.599. The Balaban J connectivity index is 1.23. The van der Waals surface area contributed by atoms with Crippen molar-refractivity contribution in [3.8, 4) is 0 Å². The number of ether oxygens (including phenoxy) is 2. The number of carbonyl (C=O) groups excluding carboxylic acids is 1. The van der Waals surface area contributed by atoms with E-state index in [0.717, 1.165) is 32.9 Å². The van der Waals surface area contributed by atoms with E-state index in [1.165, 1.54) is 0 Å². The van der Waals surface area contributed by atoms with Gasteiger partial charge in [0, 0.05) is 47.0 Å². The molecule has 0 fully saturated rings. The quantitative estimate of drug-likeness (QED) is 0.501. The second-order valence-corrected chi connectivity index (χ2v) is 6.17. The van der Waals surface area contributed by atoms with Crippen molar-refractivity contribution in [3.63, 3.8) is 0 Å². The average Bonchev–Trinajstić information content (AvgIpc) is 3.27. The summed E-state index contributed by atoms with van der Waals surface area (Å²) in [4.78, 5) is 18.2. The van der Waals surface area contributed by atoms with E-state index < -0.39 is 6.16 Å². The molecule has 26 heavy (non-hydrogen) atoms. The Hall–Kier alpha value is -3.21. The van der Waals surface area contributed by atoms with Crippen LogP contribution in [0.25, 0.3) is 21.8 Å². The highest BCUT2D eigenvalue weighted by atomic mass is 16.7. The van der Waals surface area contributed by atoms with Crippen LogP contribution >= 0.6 is 0 Å². The molecule has 0 bridgehead atoms. The Kier molecular flexibility index (Phi) is 4.60. The molecule has 0 radical (unpaired) electrons. The predicted octanol–water partition coefficient (Wildman–Crippen LogP) is 4.59. The van der Waals surface area contributed by atoms with Gasteiger partial charge in [0.15, 0.2) is 0 Å². The summed E-state index contributed by atoms with van der Waals surface area (Å²) in [6.07, 6.45) is 4.60. The van der Waals surface area contributed by atoms with Crippen LogP contribution in [0.15, 0.2) is 60.9 Å². The molecule has 5 nitrogen and oxygen atoms in total. The molecule has 5 heteroatoms. The molecule has 0 amide bonds. The molecule has 0 atom stereocenters. The zero-order valence-corrected chi connectivity index (χ0v) is 14.3. The van der Waals surface area contributed by atoms with Crippen LogP contribution in [0.2, 0.25) is 0 Å². The molecule has 2 N–H and O–H groups in total. The van der Waals surface area contributed by atoms with Gasteiger partial charge in [0.05, 0.1) is 13.2 Å². The van der Waals surface area contributed by atoms with Crippen LogP contribution in [0.3, 0.4) is 0 Å². The second kappa shape index (κ2) is 7.35. The lowest BCUT2D eigenvalue weighted by molar-refractivity contribution is 0.0570. The Labute approximate surface area is 150 Å². The van der Waals surface area contributed by atoms with Crippen molar-refractivity contribution in [1.82, 2.24) is 9.97 Å². The van der Waals surface area contributed by atoms with Gasteiger partial charge in [0.2, 0.25) is 0 Å². The number of rotatable bonds is 6. The van der Waals surface area contributed by atoms with Crippen molar-refractivity contribution in [1.29, 1.82) is 0 Å². The number of nitrogens with one attached hydrogen (secondary N) is 2. The molecule has 2 aromatic heterocycles. The molecule has 2 heterocycles. The summed E-state index contributed by atoms with van der Waals surface area (Å²) in [5, 5.41) is 2.31. The molecule has 0 unspecified atom stereocenters. The van der Waals surface area contributed by atoms with Crippen LogP contribution in [0.1, 0.15) is 11.1 Å². The summed E-state index contributed by atoms with van der Waals surface area (Å²) in [5.74, 6) is 0. The summed E-state index contributed by atoms with van der Waals surface area (Å²) >= 11 is 0. The molecule has 0 aliphatic rings. The van der Waals surface area contributed by atoms with E-state index >= 15 is 0 Å². The van der Waals surface area contributed by atoms with Crippen molar-refractivity contribution in [2.45, 2.75) is 12.8 Å². The van der Waals surface area contributed by atoms with Gasteiger partial charge >= 0.3 is 6.16 Å². The topological polar surface area (TPSA) is 67.1 Å². The maximum absolute atomic E-state index is 11.8. The number of hydrogen-bond donors (Lipinski definition) is 2. The lowest BCUT2D eigenvalue weighted by Gasteiger charge is -2.06. The normalized spacial score (nSPS) is 11.1. The fraction of sp³-hybridized carbons (Fsp3) is 0.190. The number of para-hydroxylation sites is 2. The van der Waals surface area contributed by atoms with Crippen LogP contribution in [0.4, 0.5) is 4.79 Å². The molecule has 4 aromatic rings. The lowest BCUT2D eigenvalue weighted by atomic mass is 10.1. The first-order valence-corrected chi connectivity index (χ1v) is 8.71. The average molecular weight is 348 g/mol. The van der Waals surface area contributed by atoms with E-state index in [1.807, 2.05) is 48.8 Å². The van der Waals surface area contributed by atoms with Crippen LogP contribution in [-0.2, 0) is 22.3 Å². The fourth-order valence-electron chi connectivity index (χ4n) is 3.21. The van der Waals surface area contributed by atoms with Crippen molar-refractivity contribution in [2.75, 3.05) is 13.2 Å². The highest BCUT2D eigenvalue weighted by Gasteiger charge is 2.08. The first-order chi connectivity index (χ1) is 12.8. The Morgan fingerprint density at radius 2 is 1.19 bits per heavy atom. The summed E-state index contributed by atoms with van der Waals surface area (Å²) < 4.78 is 10.4. The van der Waals surface area contributed by atoms with Crippen LogP contribution in [0, 0.1) is 0 Å². The Morgan fingerprint density at radius 3 is 1.69 bits per heavy atom. The lowest BCUT2D eigenvalue weighted by Crippen LogP contribution is -2.11. The fourth-order valence-corrected chi connectivity index (χ4v) is 3.21. The van der Waals surface area contributed by atoms with E-state index in [9.17, 15) is 4.79 Å². The van der Waals surface area contributed by atoms with E-state index in [1.54, 1.807) is 0 Å². The van der Waals surface area contributed by atoms with Crippen molar-refractivity contribution in [2.24, 2.45) is 0 Å². The maximum atomic E-state index is 11.8. The van der Waals surface area contributed by atoms with Crippen LogP contribution in [0.5, 0.6) is 0 Å². The van der Waals surface area contributed by atoms with Crippen molar-refractivity contribution in [3.05, 3.63) is 72.1 Å². The van der Waals surface area contributed by atoms with E-state index in [0.29, 0.717) is 26.1 Å². The minimum Gasteiger partial charge on any atom is -0.434 e. The number of hydrogen-bond acceptors (Lipinski definition) is 3. The summed E-state index contributed by atoms with van der Waals surface area (Å²) in [6, 6.07) is 16.1. The third-order valence-corrected chi connectivity index (χ3v) is 4.53. The van der Waals surface area contributed by atoms with E-state index in [2.05, 4.69) is 22.1 Å². The van der Waals surface area contributed by atoms with Gasteiger partial charge in [-0.3, -0.25) is 0 Å². The van der Waals surface area contributed by atoms with E-state index in [4.69, 9.17) is 9.47 Å². The van der Waals surface area contributed by atoms with Crippen molar-refractivity contribution < 1.29 is 14.3 Å². The van der Waals surface area contributed by atoms with Gasteiger partial charge in [-0.25, -0.2) is 4.79 Å². The van der Waals surface area contributed by atoms with Crippen LogP contribution < -0.4 is 0 Å². The van der Waals surface area contributed by atoms with Gasteiger partial charge in [0.25, 0.3) is 0 Å². The third-order valence-electron chi connectivity index (χ3n) is 4.53. The molecule has 2 aromatic carbocycles. The number of fused-ring (bicyclic) bond motifs is 2. The summed E-state index contributed by atoms with van der Waals surface area (Å²) in [5.41, 5.74) is 4.44. The summed E-state index contributed by atoms with van der Waals surface area (Å²) in [7, 11) is 0. The van der Waals surface area contributed by atoms with Crippen LogP contribution in [-0.4, -0.2) is 29.3 Å². The number of benzene rings is 2. The third kappa shape index (κ3) is 3.42.